The monoisotopic (exact) mass is 274 g/mol. The van der Waals surface area contributed by atoms with Crippen LogP contribution >= 0.6 is 23.2 Å². The van der Waals surface area contributed by atoms with Crippen LogP contribution in [0.1, 0.15) is 5.56 Å². The zero-order valence-electron chi connectivity index (χ0n) is 8.74. The van der Waals surface area contributed by atoms with E-state index in [4.69, 9.17) is 23.2 Å². The number of ether oxygens (including phenoxy) is 1. The quantitative estimate of drug-likeness (QED) is 0.398. The van der Waals surface area contributed by atoms with Gasteiger partial charge in [0.2, 0.25) is 0 Å². The molecule has 0 unspecified atom stereocenters. The second-order valence-corrected chi connectivity index (χ2v) is 3.85. The molecule has 0 bridgehead atoms. The fourth-order valence-corrected chi connectivity index (χ4v) is 1.56. The van der Waals surface area contributed by atoms with Gasteiger partial charge in [-0.1, -0.05) is 23.2 Å². The van der Waals surface area contributed by atoms with Crippen molar-refractivity contribution in [2.75, 3.05) is 7.11 Å². The highest BCUT2D eigenvalue weighted by molar-refractivity contribution is 6.40. The molecule has 0 spiro atoms. The molecule has 1 aromatic carbocycles. The van der Waals surface area contributed by atoms with Crippen molar-refractivity contribution in [2.45, 2.75) is 0 Å². The average molecular weight is 275 g/mol. The molecular formula is C11H8Cl2O4. The maximum Gasteiger partial charge on any atom is 0.378 e. The number of aliphatic hydroxyl groups is 1. The summed E-state index contributed by atoms with van der Waals surface area (Å²) in [7, 11) is 1.07. The van der Waals surface area contributed by atoms with Gasteiger partial charge in [0.15, 0.2) is 0 Å². The molecule has 0 saturated heterocycles. The van der Waals surface area contributed by atoms with E-state index >= 15 is 0 Å². The second kappa shape index (κ2) is 5.70. The van der Waals surface area contributed by atoms with Crippen LogP contribution in [0.3, 0.4) is 0 Å². The molecule has 1 rings (SSSR count). The van der Waals surface area contributed by atoms with E-state index in [1.165, 1.54) is 18.2 Å². The molecule has 0 aliphatic rings. The summed E-state index contributed by atoms with van der Waals surface area (Å²) in [6.45, 7) is 0. The predicted molar refractivity (Wildman–Crippen MR) is 64.1 cm³/mol. The smallest absolute Gasteiger partial charge is 0.378 e. The Kier molecular flexibility index (Phi) is 4.54. The van der Waals surface area contributed by atoms with Crippen molar-refractivity contribution in [3.05, 3.63) is 39.9 Å². The number of halogens is 2. The Morgan fingerprint density at radius 2 is 2.00 bits per heavy atom. The minimum absolute atomic E-state index is 0.170. The van der Waals surface area contributed by atoms with Gasteiger partial charge >= 0.3 is 5.97 Å². The van der Waals surface area contributed by atoms with Gasteiger partial charge in [0.1, 0.15) is 5.76 Å². The van der Waals surface area contributed by atoms with Crippen LogP contribution in [0.15, 0.2) is 24.3 Å². The Morgan fingerprint density at radius 3 is 2.53 bits per heavy atom. The third-order valence-electron chi connectivity index (χ3n) is 1.86. The van der Waals surface area contributed by atoms with Crippen LogP contribution in [0.4, 0.5) is 0 Å². The first kappa shape index (κ1) is 13.5. The first-order valence-electron chi connectivity index (χ1n) is 4.44. The fraction of sp³-hybridized carbons (Fsp3) is 0.0909. The van der Waals surface area contributed by atoms with Crippen LogP contribution in [0, 0.1) is 0 Å². The zero-order valence-corrected chi connectivity index (χ0v) is 10.2. The minimum Gasteiger partial charge on any atom is -0.507 e. The molecule has 6 heteroatoms. The van der Waals surface area contributed by atoms with Gasteiger partial charge in [-0.15, -0.1) is 0 Å². The van der Waals surface area contributed by atoms with Gasteiger partial charge in [0, 0.05) is 16.7 Å². The van der Waals surface area contributed by atoms with Crippen molar-refractivity contribution < 1.29 is 19.4 Å². The standard InChI is InChI=1S/C11H8Cl2O4/c1-17-11(16)10(15)5-9(14)7-3-2-6(12)4-8(7)13/h2-5,14H,1H3. The normalized spacial score (nSPS) is 11.1. The molecule has 1 N–H and O–H groups in total. The lowest BCUT2D eigenvalue weighted by molar-refractivity contribution is -0.149. The Balaban J connectivity index is 3.04. The summed E-state index contributed by atoms with van der Waals surface area (Å²) in [6, 6.07) is 4.33. The van der Waals surface area contributed by atoms with Crippen LogP contribution in [-0.4, -0.2) is 24.0 Å². The molecule has 4 nitrogen and oxygen atoms in total. The molecule has 0 radical (unpaired) electrons. The summed E-state index contributed by atoms with van der Waals surface area (Å²) in [5.41, 5.74) is 0.202. The molecule has 0 aliphatic heterocycles. The molecular weight excluding hydrogens is 267 g/mol. The Morgan fingerprint density at radius 1 is 1.35 bits per heavy atom. The first-order valence-corrected chi connectivity index (χ1v) is 5.19. The molecule has 0 fully saturated rings. The van der Waals surface area contributed by atoms with Crippen molar-refractivity contribution in [3.8, 4) is 0 Å². The molecule has 0 heterocycles. The summed E-state index contributed by atoms with van der Waals surface area (Å²) in [6.07, 6.45) is 0.737. The molecule has 90 valence electrons. The molecule has 0 atom stereocenters. The van der Waals surface area contributed by atoms with E-state index in [-0.39, 0.29) is 10.6 Å². The number of hydrogen-bond acceptors (Lipinski definition) is 4. The van der Waals surface area contributed by atoms with E-state index in [0.29, 0.717) is 5.02 Å². The van der Waals surface area contributed by atoms with Crippen molar-refractivity contribution in [3.63, 3.8) is 0 Å². The van der Waals surface area contributed by atoms with Gasteiger partial charge < -0.3 is 9.84 Å². The van der Waals surface area contributed by atoms with E-state index in [2.05, 4.69) is 4.74 Å². The molecule has 17 heavy (non-hydrogen) atoms. The van der Waals surface area contributed by atoms with Gasteiger partial charge in [-0.3, -0.25) is 4.79 Å². The number of rotatable bonds is 3. The summed E-state index contributed by atoms with van der Waals surface area (Å²) in [4.78, 5) is 22.0. The highest BCUT2D eigenvalue weighted by atomic mass is 35.5. The lowest BCUT2D eigenvalue weighted by Gasteiger charge is -2.03. The van der Waals surface area contributed by atoms with Gasteiger partial charge in [0.25, 0.3) is 5.78 Å². The van der Waals surface area contributed by atoms with Gasteiger partial charge in [-0.2, -0.15) is 0 Å². The van der Waals surface area contributed by atoms with Crippen molar-refractivity contribution >= 4 is 40.7 Å². The largest absolute Gasteiger partial charge is 0.507 e. The number of carbonyl (C=O) groups excluding carboxylic acids is 2. The average Bonchev–Trinajstić information content (AvgIpc) is 2.27. The van der Waals surface area contributed by atoms with Gasteiger partial charge in [-0.05, 0) is 18.2 Å². The van der Waals surface area contributed by atoms with Gasteiger partial charge in [-0.25, -0.2) is 4.79 Å². The number of hydrogen-bond donors (Lipinski definition) is 1. The van der Waals surface area contributed by atoms with Crippen LogP contribution < -0.4 is 0 Å². The van der Waals surface area contributed by atoms with Crippen LogP contribution in [0.25, 0.3) is 5.76 Å². The number of ketones is 1. The van der Waals surface area contributed by atoms with E-state index in [9.17, 15) is 14.7 Å². The number of benzene rings is 1. The third-order valence-corrected chi connectivity index (χ3v) is 2.41. The highest BCUT2D eigenvalue weighted by Crippen LogP contribution is 2.25. The minimum atomic E-state index is -1.07. The lowest BCUT2D eigenvalue weighted by Crippen LogP contribution is -2.13. The Labute approximate surface area is 107 Å². The maximum atomic E-state index is 11.2. The van der Waals surface area contributed by atoms with E-state index in [1.807, 2.05) is 0 Å². The highest BCUT2D eigenvalue weighted by Gasteiger charge is 2.14. The maximum absolute atomic E-state index is 11.2. The van der Waals surface area contributed by atoms with Crippen LogP contribution in [0.2, 0.25) is 10.0 Å². The Bertz CT molecular complexity index is 494. The predicted octanol–water partition coefficient (Wildman–Crippen LogP) is 2.63. The summed E-state index contributed by atoms with van der Waals surface area (Å²) < 4.78 is 4.20. The first-order chi connectivity index (χ1) is 7.95. The third kappa shape index (κ3) is 3.47. The van der Waals surface area contributed by atoms with Crippen LogP contribution in [-0.2, 0) is 14.3 Å². The molecule has 0 aliphatic carbocycles. The van der Waals surface area contributed by atoms with E-state index < -0.39 is 17.5 Å². The molecule has 0 aromatic heterocycles. The van der Waals surface area contributed by atoms with Gasteiger partial charge in [0.05, 0.1) is 12.1 Å². The second-order valence-electron chi connectivity index (χ2n) is 3.01. The van der Waals surface area contributed by atoms with Crippen molar-refractivity contribution in [1.29, 1.82) is 0 Å². The number of aliphatic hydroxyl groups excluding tert-OH is 1. The summed E-state index contributed by atoms with van der Waals surface area (Å²) in [5.74, 6) is -2.47. The zero-order chi connectivity index (χ0) is 13.0. The van der Waals surface area contributed by atoms with Crippen LogP contribution in [0.5, 0.6) is 0 Å². The molecule has 0 amide bonds. The number of methoxy groups -OCH3 is 1. The van der Waals surface area contributed by atoms with E-state index in [1.54, 1.807) is 0 Å². The fourth-order valence-electron chi connectivity index (χ4n) is 1.06. The van der Waals surface area contributed by atoms with Crippen molar-refractivity contribution in [1.82, 2.24) is 0 Å². The SMILES string of the molecule is COC(=O)C(=O)C=C(O)c1ccc(Cl)cc1Cl. The number of esters is 1. The van der Waals surface area contributed by atoms with Crippen molar-refractivity contribution in [2.24, 2.45) is 0 Å². The number of carbonyl (C=O) groups is 2. The Hall–Kier alpha value is -1.52. The topological polar surface area (TPSA) is 63.6 Å². The summed E-state index contributed by atoms with van der Waals surface area (Å²) >= 11 is 11.5. The molecule has 1 aromatic rings. The molecule has 0 saturated carbocycles. The lowest BCUT2D eigenvalue weighted by atomic mass is 10.1. The summed E-state index contributed by atoms with van der Waals surface area (Å²) in [5, 5.41) is 10.2. The van der Waals surface area contributed by atoms with E-state index in [0.717, 1.165) is 13.2 Å².